The molecule has 3 rings (SSSR count). The number of methoxy groups -OCH3 is 3. The van der Waals surface area contributed by atoms with Crippen LogP contribution in [0, 0.1) is 11.7 Å². The highest BCUT2D eigenvalue weighted by Gasteiger charge is 2.42. The van der Waals surface area contributed by atoms with E-state index in [9.17, 15) is 14.0 Å². The second-order valence-electron chi connectivity index (χ2n) is 7.65. The van der Waals surface area contributed by atoms with E-state index in [2.05, 4.69) is 5.32 Å². The summed E-state index contributed by atoms with van der Waals surface area (Å²) in [5.41, 5.74) is 0.762. The molecule has 8 heteroatoms. The van der Waals surface area contributed by atoms with Gasteiger partial charge in [-0.1, -0.05) is 12.1 Å². The number of hydrogen-bond acceptors (Lipinski definition) is 5. The van der Waals surface area contributed by atoms with Gasteiger partial charge >= 0.3 is 0 Å². The zero-order valence-corrected chi connectivity index (χ0v) is 18.6. The van der Waals surface area contributed by atoms with Crippen molar-refractivity contribution >= 4 is 11.8 Å². The van der Waals surface area contributed by atoms with Crippen LogP contribution in [0.25, 0.3) is 0 Å². The molecule has 2 aromatic carbocycles. The lowest BCUT2D eigenvalue weighted by Crippen LogP contribution is -2.36. The van der Waals surface area contributed by atoms with Crippen molar-refractivity contribution in [2.75, 3.05) is 47.6 Å². The quantitative estimate of drug-likeness (QED) is 0.602. The normalized spacial score (nSPS) is 17.8. The molecule has 1 fully saturated rings. The van der Waals surface area contributed by atoms with Crippen molar-refractivity contribution in [1.29, 1.82) is 0 Å². The molecule has 1 aliphatic rings. The molecular formula is C24H29FN2O5. The maximum absolute atomic E-state index is 14.3. The number of carbonyl (C=O) groups excluding carboxylic acids is 2. The van der Waals surface area contributed by atoms with Crippen molar-refractivity contribution in [2.45, 2.75) is 12.3 Å². The number of nitrogens with one attached hydrogen (secondary N) is 1. The van der Waals surface area contributed by atoms with Crippen LogP contribution >= 0.6 is 0 Å². The minimum atomic E-state index is -0.583. The van der Waals surface area contributed by atoms with E-state index in [1.54, 1.807) is 39.5 Å². The predicted molar refractivity (Wildman–Crippen MR) is 118 cm³/mol. The van der Waals surface area contributed by atoms with Gasteiger partial charge in [0, 0.05) is 44.8 Å². The van der Waals surface area contributed by atoms with E-state index in [-0.39, 0.29) is 30.5 Å². The molecule has 32 heavy (non-hydrogen) atoms. The second-order valence-corrected chi connectivity index (χ2v) is 7.65. The molecule has 1 heterocycles. The van der Waals surface area contributed by atoms with Gasteiger partial charge in [0.2, 0.25) is 5.91 Å². The van der Waals surface area contributed by atoms with Gasteiger partial charge < -0.3 is 24.4 Å². The third-order valence-corrected chi connectivity index (χ3v) is 5.71. The standard InChI is InChI=1S/C24H29FN2O5/c1-30-12-6-11-26-23(28)20-15-27(24(29)17-7-4-5-8-21(17)25)14-19(20)18-13-16(31-2)9-10-22(18)32-3/h4-5,7-10,13,19-20H,6,11-12,14-15H2,1-3H3,(H,26,28)/t19-,20+/m0/s1. The fourth-order valence-corrected chi connectivity index (χ4v) is 4.04. The maximum atomic E-state index is 14.3. The molecule has 0 bridgehead atoms. The largest absolute Gasteiger partial charge is 0.497 e. The van der Waals surface area contributed by atoms with Gasteiger partial charge in [0.25, 0.3) is 5.91 Å². The summed E-state index contributed by atoms with van der Waals surface area (Å²) < 4.78 is 30.2. The molecule has 0 spiro atoms. The first-order valence-electron chi connectivity index (χ1n) is 10.5. The predicted octanol–water partition coefficient (Wildman–Crippen LogP) is 2.85. The number of nitrogens with zero attached hydrogens (tertiary/aromatic N) is 1. The van der Waals surface area contributed by atoms with Crippen molar-refractivity contribution in [3.8, 4) is 11.5 Å². The molecule has 1 aliphatic heterocycles. The third-order valence-electron chi connectivity index (χ3n) is 5.71. The molecule has 1 N–H and O–H groups in total. The van der Waals surface area contributed by atoms with Crippen LogP contribution in [0.5, 0.6) is 11.5 Å². The van der Waals surface area contributed by atoms with Gasteiger partial charge in [-0.3, -0.25) is 9.59 Å². The van der Waals surface area contributed by atoms with Gasteiger partial charge in [-0.25, -0.2) is 4.39 Å². The Morgan fingerprint density at radius 3 is 2.56 bits per heavy atom. The molecule has 0 radical (unpaired) electrons. The summed E-state index contributed by atoms with van der Waals surface area (Å²) >= 11 is 0. The van der Waals surface area contributed by atoms with Crippen molar-refractivity contribution < 1.29 is 28.2 Å². The molecule has 0 aliphatic carbocycles. The van der Waals surface area contributed by atoms with Crippen LogP contribution in [0.4, 0.5) is 4.39 Å². The number of halogens is 1. The topological polar surface area (TPSA) is 77.1 Å². The van der Waals surface area contributed by atoms with Gasteiger partial charge in [-0.15, -0.1) is 0 Å². The minimum Gasteiger partial charge on any atom is -0.497 e. The average Bonchev–Trinajstić information content (AvgIpc) is 3.26. The van der Waals surface area contributed by atoms with Gasteiger partial charge in [-0.2, -0.15) is 0 Å². The highest BCUT2D eigenvalue weighted by molar-refractivity contribution is 5.95. The fraction of sp³-hybridized carbons (Fsp3) is 0.417. The number of likely N-dealkylation sites (tertiary alicyclic amines) is 1. The van der Waals surface area contributed by atoms with E-state index in [1.807, 2.05) is 6.07 Å². The highest BCUT2D eigenvalue weighted by atomic mass is 19.1. The Hall–Kier alpha value is -3.13. The first-order valence-corrected chi connectivity index (χ1v) is 10.5. The summed E-state index contributed by atoms with van der Waals surface area (Å²) in [6, 6.07) is 11.3. The van der Waals surface area contributed by atoms with Crippen molar-refractivity contribution in [3.05, 3.63) is 59.4 Å². The molecule has 2 aromatic rings. The average molecular weight is 445 g/mol. The van der Waals surface area contributed by atoms with E-state index < -0.39 is 17.6 Å². The third kappa shape index (κ3) is 5.19. The highest BCUT2D eigenvalue weighted by Crippen LogP contribution is 2.40. The Morgan fingerprint density at radius 2 is 1.88 bits per heavy atom. The number of ether oxygens (including phenoxy) is 3. The van der Waals surface area contributed by atoms with E-state index >= 15 is 0 Å². The number of benzene rings is 2. The maximum Gasteiger partial charge on any atom is 0.256 e. The first kappa shape index (κ1) is 23.5. The van der Waals surface area contributed by atoms with Gasteiger partial charge in [-0.05, 0) is 36.8 Å². The van der Waals surface area contributed by atoms with Crippen LogP contribution in [-0.2, 0) is 9.53 Å². The molecule has 2 atom stereocenters. The van der Waals surface area contributed by atoms with Gasteiger partial charge in [0.15, 0.2) is 0 Å². The summed E-state index contributed by atoms with van der Waals surface area (Å²) in [5.74, 6) is -0.815. The van der Waals surface area contributed by atoms with Crippen LogP contribution in [0.2, 0.25) is 0 Å². The zero-order valence-electron chi connectivity index (χ0n) is 18.6. The van der Waals surface area contributed by atoms with Crippen LogP contribution < -0.4 is 14.8 Å². The first-order chi connectivity index (χ1) is 15.5. The van der Waals surface area contributed by atoms with Crippen LogP contribution in [0.15, 0.2) is 42.5 Å². The molecule has 2 amide bonds. The van der Waals surface area contributed by atoms with Crippen LogP contribution in [0.3, 0.4) is 0 Å². The molecule has 0 unspecified atom stereocenters. The second kappa shape index (κ2) is 10.9. The van der Waals surface area contributed by atoms with E-state index in [4.69, 9.17) is 14.2 Å². The lowest BCUT2D eigenvalue weighted by molar-refractivity contribution is -0.125. The summed E-state index contributed by atoms with van der Waals surface area (Å²) in [5, 5.41) is 2.93. The minimum absolute atomic E-state index is 0.00925. The summed E-state index contributed by atoms with van der Waals surface area (Å²) in [6.07, 6.45) is 0.681. The van der Waals surface area contributed by atoms with E-state index in [1.165, 1.54) is 23.1 Å². The molecule has 0 saturated carbocycles. The van der Waals surface area contributed by atoms with Crippen molar-refractivity contribution in [2.24, 2.45) is 5.92 Å². The number of amides is 2. The summed E-state index contributed by atoms with van der Waals surface area (Å²) in [7, 11) is 4.73. The number of rotatable bonds is 9. The van der Waals surface area contributed by atoms with Gasteiger partial charge in [0.05, 0.1) is 25.7 Å². The molecule has 1 saturated heterocycles. The van der Waals surface area contributed by atoms with E-state index in [0.29, 0.717) is 31.1 Å². The van der Waals surface area contributed by atoms with Crippen molar-refractivity contribution in [3.63, 3.8) is 0 Å². The van der Waals surface area contributed by atoms with E-state index in [0.717, 1.165) is 5.56 Å². The SMILES string of the molecule is COCCCNC(=O)[C@@H]1CN(C(=O)c2ccccc2F)C[C@H]1c1cc(OC)ccc1OC. The van der Waals surface area contributed by atoms with Crippen LogP contribution in [-0.4, -0.2) is 64.3 Å². The van der Waals surface area contributed by atoms with Gasteiger partial charge in [0.1, 0.15) is 17.3 Å². The molecule has 0 aromatic heterocycles. The molecular weight excluding hydrogens is 415 g/mol. The Labute approximate surface area is 187 Å². The number of carbonyl (C=O) groups is 2. The van der Waals surface area contributed by atoms with Crippen molar-refractivity contribution in [1.82, 2.24) is 10.2 Å². The Balaban J connectivity index is 1.90. The lowest BCUT2D eigenvalue weighted by Gasteiger charge is -2.21. The van der Waals surface area contributed by atoms with Crippen LogP contribution in [0.1, 0.15) is 28.3 Å². The lowest BCUT2D eigenvalue weighted by atomic mass is 9.87. The number of hydrogen-bond donors (Lipinski definition) is 1. The summed E-state index contributed by atoms with van der Waals surface area (Å²) in [4.78, 5) is 27.7. The fourth-order valence-electron chi connectivity index (χ4n) is 4.04. The molecule has 172 valence electrons. The molecule has 7 nitrogen and oxygen atoms in total. The monoisotopic (exact) mass is 444 g/mol. The zero-order chi connectivity index (χ0) is 23.1. The Morgan fingerprint density at radius 1 is 1.09 bits per heavy atom. The Kier molecular flexibility index (Phi) is 8.05. The summed E-state index contributed by atoms with van der Waals surface area (Å²) in [6.45, 7) is 1.43. The smallest absolute Gasteiger partial charge is 0.256 e. The Bertz CT molecular complexity index is 952.